The number of hydrogen-bond donors (Lipinski definition) is 1. The molecule has 2 heterocycles. The largest absolute Gasteiger partial charge is 0.332 e. The molecule has 1 N–H and O–H groups in total. The van der Waals surface area contributed by atoms with Crippen LogP contribution in [-0.2, 0) is 6.54 Å². The lowest BCUT2D eigenvalue weighted by molar-refractivity contribution is 0.102. The van der Waals surface area contributed by atoms with E-state index in [1.165, 1.54) is 0 Å². The molecule has 0 unspecified atom stereocenters. The molecule has 2 aromatic heterocycles. The number of aryl methyl sites for hydroxylation is 1. The van der Waals surface area contributed by atoms with Gasteiger partial charge in [0.25, 0.3) is 5.91 Å². The lowest BCUT2D eigenvalue weighted by Gasteiger charge is -2.04. The second kappa shape index (κ2) is 5.58. The molecule has 0 saturated carbocycles. The molecule has 0 spiro atoms. The molecule has 0 aliphatic carbocycles. The molecule has 0 aliphatic rings. The fourth-order valence-corrected chi connectivity index (χ4v) is 2.50. The van der Waals surface area contributed by atoms with E-state index >= 15 is 0 Å². The van der Waals surface area contributed by atoms with Crippen molar-refractivity contribution in [2.45, 2.75) is 13.5 Å². The van der Waals surface area contributed by atoms with Crippen LogP contribution in [0, 0.1) is 0 Å². The van der Waals surface area contributed by atoms with Crippen molar-refractivity contribution in [3.05, 3.63) is 59.4 Å². The Bertz CT molecular complexity index is 810. The lowest BCUT2D eigenvalue weighted by Crippen LogP contribution is -2.11. The van der Waals surface area contributed by atoms with Crippen LogP contribution < -0.4 is 5.32 Å². The van der Waals surface area contributed by atoms with Gasteiger partial charge in [0.05, 0.1) is 5.56 Å². The van der Waals surface area contributed by atoms with Gasteiger partial charge in [-0.2, -0.15) is 0 Å². The summed E-state index contributed by atoms with van der Waals surface area (Å²) >= 11 is 5.93. The average Bonchev–Trinajstić information content (AvgIpc) is 2.86. The number of anilines is 1. The topological polar surface area (TPSA) is 46.9 Å². The number of amides is 1. The summed E-state index contributed by atoms with van der Waals surface area (Å²) in [6, 6.07) is 10.8. The van der Waals surface area contributed by atoms with Crippen molar-refractivity contribution in [3.8, 4) is 0 Å². The highest BCUT2D eigenvalue weighted by atomic mass is 35.5. The average molecular weight is 300 g/mol. The Morgan fingerprint density at radius 2 is 2.19 bits per heavy atom. The maximum Gasteiger partial charge on any atom is 0.257 e. The molecular weight excluding hydrogens is 286 g/mol. The van der Waals surface area contributed by atoms with Gasteiger partial charge in [0.1, 0.15) is 5.65 Å². The SMILES string of the molecule is CCn1cc(C(=O)Nc2cccc(Cl)c2)c2cccnc21. The molecule has 106 valence electrons. The van der Waals surface area contributed by atoms with E-state index < -0.39 is 0 Å². The van der Waals surface area contributed by atoms with Crippen molar-refractivity contribution in [3.63, 3.8) is 0 Å². The maximum atomic E-state index is 12.5. The predicted molar refractivity (Wildman–Crippen MR) is 84.8 cm³/mol. The number of hydrogen-bond acceptors (Lipinski definition) is 2. The highest BCUT2D eigenvalue weighted by molar-refractivity contribution is 6.31. The zero-order chi connectivity index (χ0) is 14.8. The van der Waals surface area contributed by atoms with E-state index in [2.05, 4.69) is 10.3 Å². The first-order valence-electron chi connectivity index (χ1n) is 6.70. The monoisotopic (exact) mass is 299 g/mol. The smallest absolute Gasteiger partial charge is 0.257 e. The zero-order valence-electron chi connectivity index (χ0n) is 11.5. The summed E-state index contributed by atoms with van der Waals surface area (Å²) in [6.07, 6.45) is 3.56. The van der Waals surface area contributed by atoms with Crippen molar-refractivity contribution in [2.75, 3.05) is 5.32 Å². The van der Waals surface area contributed by atoms with E-state index in [-0.39, 0.29) is 5.91 Å². The van der Waals surface area contributed by atoms with E-state index in [1.807, 2.05) is 29.8 Å². The molecule has 3 rings (SSSR count). The van der Waals surface area contributed by atoms with Crippen LogP contribution in [0.15, 0.2) is 48.8 Å². The van der Waals surface area contributed by atoms with E-state index in [0.717, 1.165) is 17.6 Å². The Labute approximate surface area is 127 Å². The Balaban J connectivity index is 1.98. The minimum Gasteiger partial charge on any atom is -0.332 e. The van der Waals surface area contributed by atoms with Crippen LogP contribution in [0.2, 0.25) is 5.02 Å². The van der Waals surface area contributed by atoms with Gasteiger partial charge < -0.3 is 9.88 Å². The third-order valence-electron chi connectivity index (χ3n) is 3.30. The number of aromatic nitrogens is 2. The fourth-order valence-electron chi connectivity index (χ4n) is 2.31. The standard InChI is InChI=1S/C16H14ClN3O/c1-2-20-10-14(13-7-4-8-18-15(13)20)16(21)19-12-6-3-5-11(17)9-12/h3-10H,2H2,1H3,(H,19,21). The first-order valence-corrected chi connectivity index (χ1v) is 7.07. The van der Waals surface area contributed by atoms with Gasteiger partial charge in [-0.3, -0.25) is 4.79 Å². The third-order valence-corrected chi connectivity index (χ3v) is 3.54. The van der Waals surface area contributed by atoms with E-state index in [4.69, 9.17) is 11.6 Å². The highest BCUT2D eigenvalue weighted by Crippen LogP contribution is 2.21. The maximum absolute atomic E-state index is 12.5. The van der Waals surface area contributed by atoms with Gasteiger partial charge in [0.2, 0.25) is 0 Å². The minimum absolute atomic E-state index is 0.164. The van der Waals surface area contributed by atoms with Gasteiger partial charge >= 0.3 is 0 Å². The number of fused-ring (bicyclic) bond motifs is 1. The van der Waals surface area contributed by atoms with Crippen molar-refractivity contribution < 1.29 is 4.79 Å². The van der Waals surface area contributed by atoms with Crippen LogP contribution in [0.25, 0.3) is 11.0 Å². The molecule has 0 radical (unpaired) electrons. The van der Waals surface area contributed by atoms with Crippen LogP contribution in [0.5, 0.6) is 0 Å². The van der Waals surface area contributed by atoms with Crippen LogP contribution in [0.3, 0.4) is 0 Å². The molecule has 0 fully saturated rings. The van der Waals surface area contributed by atoms with Gasteiger partial charge in [-0.25, -0.2) is 4.98 Å². The molecular formula is C16H14ClN3O. The Morgan fingerprint density at radius 3 is 2.95 bits per heavy atom. The molecule has 5 heteroatoms. The Kier molecular flexibility index (Phi) is 3.62. The minimum atomic E-state index is -0.164. The summed E-state index contributed by atoms with van der Waals surface area (Å²) in [7, 11) is 0. The molecule has 0 aliphatic heterocycles. The van der Waals surface area contributed by atoms with Crippen molar-refractivity contribution in [2.24, 2.45) is 0 Å². The van der Waals surface area contributed by atoms with Crippen LogP contribution >= 0.6 is 11.6 Å². The van der Waals surface area contributed by atoms with Crippen LogP contribution in [-0.4, -0.2) is 15.5 Å². The van der Waals surface area contributed by atoms with Gasteiger partial charge in [0, 0.05) is 35.0 Å². The molecule has 3 aromatic rings. The van der Waals surface area contributed by atoms with Gasteiger partial charge in [0.15, 0.2) is 0 Å². The summed E-state index contributed by atoms with van der Waals surface area (Å²) in [5, 5.41) is 4.30. The quantitative estimate of drug-likeness (QED) is 0.795. The van der Waals surface area contributed by atoms with Gasteiger partial charge in [-0.05, 0) is 37.3 Å². The molecule has 0 bridgehead atoms. The summed E-state index contributed by atoms with van der Waals surface area (Å²) in [4.78, 5) is 16.8. The number of benzene rings is 1. The number of carbonyl (C=O) groups excluding carboxylic acids is 1. The van der Waals surface area contributed by atoms with Crippen molar-refractivity contribution in [1.82, 2.24) is 9.55 Å². The van der Waals surface area contributed by atoms with E-state index in [0.29, 0.717) is 16.3 Å². The summed E-state index contributed by atoms with van der Waals surface area (Å²) in [5.41, 5.74) is 2.10. The molecule has 4 nitrogen and oxygen atoms in total. The van der Waals surface area contributed by atoms with Gasteiger partial charge in [-0.15, -0.1) is 0 Å². The fraction of sp³-hybridized carbons (Fsp3) is 0.125. The molecule has 21 heavy (non-hydrogen) atoms. The molecule has 0 saturated heterocycles. The summed E-state index contributed by atoms with van der Waals surface area (Å²) < 4.78 is 1.96. The molecule has 1 amide bonds. The Hall–Kier alpha value is -2.33. The van der Waals surface area contributed by atoms with Crippen LogP contribution in [0.1, 0.15) is 17.3 Å². The number of nitrogens with one attached hydrogen (secondary N) is 1. The second-order valence-electron chi connectivity index (χ2n) is 4.67. The molecule has 1 aromatic carbocycles. The second-order valence-corrected chi connectivity index (χ2v) is 5.10. The Morgan fingerprint density at radius 1 is 1.33 bits per heavy atom. The first-order chi connectivity index (χ1) is 10.2. The lowest BCUT2D eigenvalue weighted by atomic mass is 10.2. The van der Waals surface area contributed by atoms with Gasteiger partial charge in [-0.1, -0.05) is 17.7 Å². The van der Waals surface area contributed by atoms with Crippen LogP contribution in [0.4, 0.5) is 5.69 Å². The number of rotatable bonds is 3. The predicted octanol–water partition coefficient (Wildman–Crippen LogP) is 3.96. The first kappa shape index (κ1) is 13.6. The van der Waals surface area contributed by atoms with Crippen molar-refractivity contribution >= 4 is 34.2 Å². The van der Waals surface area contributed by atoms with Crippen molar-refractivity contribution in [1.29, 1.82) is 0 Å². The number of pyridine rings is 1. The van der Waals surface area contributed by atoms with E-state index in [1.54, 1.807) is 30.5 Å². The van der Waals surface area contributed by atoms with E-state index in [9.17, 15) is 4.79 Å². The summed E-state index contributed by atoms with van der Waals surface area (Å²) in [5.74, 6) is -0.164. The zero-order valence-corrected chi connectivity index (χ0v) is 12.3. The number of halogens is 1. The summed E-state index contributed by atoms with van der Waals surface area (Å²) in [6.45, 7) is 2.78. The number of nitrogens with zero attached hydrogens (tertiary/aromatic N) is 2. The highest BCUT2D eigenvalue weighted by Gasteiger charge is 2.15. The molecule has 0 atom stereocenters. The third kappa shape index (κ3) is 2.62. The number of carbonyl (C=O) groups is 1. The normalized spacial score (nSPS) is 10.8.